The largest absolute Gasteiger partial charge is 0.480 e. The third-order valence-electron chi connectivity index (χ3n) is 5.94. The third kappa shape index (κ3) is 11.8. The zero-order chi connectivity index (χ0) is 31.4. The van der Waals surface area contributed by atoms with Crippen molar-refractivity contribution < 1.29 is 29.3 Å². The molecule has 1 amide bonds. The van der Waals surface area contributed by atoms with Crippen molar-refractivity contribution in [1.82, 2.24) is 24.4 Å². The fraction of sp³-hybridized carbons (Fsp3) is 0.323. The highest BCUT2D eigenvalue weighted by Gasteiger charge is 2.25. The number of nitrogens with zero attached hydrogens (tertiary/aromatic N) is 4. The second-order valence-electron chi connectivity index (χ2n) is 10.9. The van der Waals surface area contributed by atoms with Gasteiger partial charge in [0.25, 0.3) is 0 Å². The number of imidazole rings is 2. The maximum Gasteiger partial charge on any atom is 0.408 e. The fourth-order valence-electron chi connectivity index (χ4n) is 3.96. The smallest absolute Gasteiger partial charge is 0.408 e. The number of carboxylic acid groups (broad SMARTS) is 2. The van der Waals surface area contributed by atoms with E-state index in [0.29, 0.717) is 17.9 Å². The summed E-state index contributed by atoms with van der Waals surface area (Å²) in [4.78, 5) is 42.2. The number of amides is 1. The molecule has 0 unspecified atom stereocenters. The summed E-state index contributed by atoms with van der Waals surface area (Å²) in [5.41, 5.74) is 8.34. The first kappa shape index (κ1) is 32.5. The topological polar surface area (TPSA) is 175 Å². The highest BCUT2D eigenvalue weighted by atomic mass is 16.6. The molecule has 4 rings (SSSR count). The van der Waals surface area contributed by atoms with Crippen LogP contribution in [0, 0.1) is 0 Å². The molecular formula is C31H38N6O6. The molecule has 2 atom stereocenters. The number of hydrogen-bond acceptors (Lipinski definition) is 7. The van der Waals surface area contributed by atoms with Crippen molar-refractivity contribution in [3.8, 4) is 0 Å². The molecule has 0 saturated heterocycles. The monoisotopic (exact) mass is 590 g/mol. The number of nitrogens with two attached hydrogens (primary N) is 1. The van der Waals surface area contributed by atoms with Gasteiger partial charge in [0.05, 0.1) is 24.0 Å². The van der Waals surface area contributed by atoms with Gasteiger partial charge in [-0.05, 0) is 31.9 Å². The summed E-state index contributed by atoms with van der Waals surface area (Å²) in [6.45, 7) is 6.51. The molecule has 43 heavy (non-hydrogen) atoms. The number of carbonyl (C=O) groups is 3. The first-order valence-electron chi connectivity index (χ1n) is 13.7. The van der Waals surface area contributed by atoms with Crippen molar-refractivity contribution in [2.24, 2.45) is 5.73 Å². The highest BCUT2D eigenvalue weighted by Crippen LogP contribution is 2.10. The molecule has 0 aliphatic rings. The van der Waals surface area contributed by atoms with Crippen molar-refractivity contribution >= 4 is 18.0 Å². The Bertz CT molecular complexity index is 1460. The Kier molecular flexibility index (Phi) is 11.6. The molecule has 0 aliphatic carbocycles. The summed E-state index contributed by atoms with van der Waals surface area (Å²) >= 11 is 0. The first-order chi connectivity index (χ1) is 20.4. The Morgan fingerprint density at radius 3 is 1.70 bits per heavy atom. The summed E-state index contributed by atoms with van der Waals surface area (Å²) in [6, 6.07) is 17.9. The van der Waals surface area contributed by atoms with Crippen LogP contribution in [-0.2, 0) is 40.3 Å². The lowest BCUT2D eigenvalue weighted by molar-refractivity contribution is -0.140. The normalized spacial score (nSPS) is 12.4. The van der Waals surface area contributed by atoms with Crippen molar-refractivity contribution in [2.75, 3.05) is 0 Å². The van der Waals surface area contributed by atoms with Gasteiger partial charge in [-0.2, -0.15) is 0 Å². The predicted molar refractivity (Wildman–Crippen MR) is 159 cm³/mol. The van der Waals surface area contributed by atoms with Crippen LogP contribution in [0.4, 0.5) is 4.79 Å². The van der Waals surface area contributed by atoms with Gasteiger partial charge < -0.3 is 35.1 Å². The molecule has 4 aromatic rings. The van der Waals surface area contributed by atoms with Crippen molar-refractivity contribution in [1.29, 1.82) is 0 Å². The van der Waals surface area contributed by atoms with Crippen LogP contribution in [0.15, 0.2) is 85.7 Å². The zero-order valence-electron chi connectivity index (χ0n) is 24.5. The van der Waals surface area contributed by atoms with Gasteiger partial charge in [-0.3, -0.25) is 4.79 Å². The predicted octanol–water partition coefficient (Wildman–Crippen LogP) is 3.34. The molecule has 0 radical (unpaired) electrons. The number of ether oxygens (including phenoxy) is 1. The quantitative estimate of drug-likeness (QED) is 0.204. The molecule has 228 valence electrons. The Morgan fingerprint density at radius 1 is 0.814 bits per heavy atom. The lowest BCUT2D eigenvalue weighted by atomic mass is 10.1. The van der Waals surface area contributed by atoms with Crippen LogP contribution < -0.4 is 11.1 Å². The van der Waals surface area contributed by atoms with E-state index in [0.717, 1.165) is 12.1 Å². The van der Waals surface area contributed by atoms with Crippen molar-refractivity contribution in [3.63, 3.8) is 0 Å². The molecule has 0 saturated carbocycles. The number of rotatable bonds is 11. The Labute approximate surface area is 250 Å². The maximum atomic E-state index is 11.8. The zero-order valence-corrected chi connectivity index (χ0v) is 24.5. The van der Waals surface area contributed by atoms with Crippen molar-refractivity contribution in [3.05, 3.63) is 108 Å². The molecule has 2 aromatic heterocycles. The molecule has 2 aromatic carbocycles. The number of nitrogens with one attached hydrogen (secondary N) is 1. The van der Waals surface area contributed by atoms with Crippen LogP contribution in [0.2, 0.25) is 0 Å². The highest BCUT2D eigenvalue weighted by molar-refractivity contribution is 5.80. The van der Waals surface area contributed by atoms with E-state index < -0.39 is 35.7 Å². The summed E-state index contributed by atoms with van der Waals surface area (Å²) in [5.74, 6) is -2.14. The van der Waals surface area contributed by atoms with Gasteiger partial charge in [0.2, 0.25) is 0 Å². The van der Waals surface area contributed by atoms with E-state index in [1.165, 1.54) is 5.56 Å². The molecule has 0 spiro atoms. The molecule has 5 N–H and O–H groups in total. The van der Waals surface area contributed by atoms with Gasteiger partial charge in [0, 0.05) is 38.3 Å². The number of carboxylic acids is 2. The van der Waals surface area contributed by atoms with Crippen LogP contribution in [0.3, 0.4) is 0 Å². The number of benzene rings is 2. The minimum absolute atomic E-state index is 0.0797. The minimum atomic E-state index is -1.14. The molecule has 2 heterocycles. The Hall–Kier alpha value is -4.97. The van der Waals surface area contributed by atoms with Crippen LogP contribution in [-0.4, -0.2) is 65.0 Å². The molecule has 0 bridgehead atoms. The SMILES string of the molecule is CC(C)(C)OC(=O)N[C@@H](Cc1cn(Cc2ccccc2)cn1)C(=O)O.N[C@@H](Cc1cn(Cc2ccccc2)cn1)C(=O)O. The first-order valence-corrected chi connectivity index (χ1v) is 13.7. The van der Waals surface area contributed by atoms with Crippen LogP contribution >= 0.6 is 0 Å². The Morgan fingerprint density at radius 2 is 1.28 bits per heavy atom. The van der Waals surface area contributed by atoms with E-state index >= 15 is 0 Å². The average molecular weight is 591 g/mol. The van der Waals surface area contributed by atoms with Crippen LogP contribution in [0.25, 0.3) is 0 Å². The van der Waals surface area contributed by atoms with Gasteiger partial charge in [0.15, 0.2) is 0 Å². The van der Waals surface area contributed by atoms with Gasteiger partial charge in [-0.15, -0.1) is 0 Å². The maximum absolute atomic E-state index is 11.8. The summed E-state index contributed by atoms with van der Waals surface area (Å²) < 4.78 is 8.89. The molecule has 12 nitrogen and oxygen atoms in total. The second-order valence-corrected chi connectivity index (χ2v) is 10.9. The molecule has 0 fully saturated rings. The minimum Gasteiger partial charge on any atom is -0.480 e. The standard InChI is InChI=1S/C18H23N3O4.C13H15N3O2/c1-18(2,3)25-17(24)20-15(16(22)23)9-14-11-21(12-19-14)10-13-7-5-4-6-8-13;14-12(13(17)18)6-11-8-16(9-15-11)7-10-4-2-1-3-5-10/h4-8,11-12,15H,9-10H2,1-3H3,(H,20,24)(H,22,23);1-5,8-9,12H,6-7,14H2,(H,17,18)/t15-;12-/m00/s1. The van der Waals surface area contributed by atoms with Gasteiger partial charge >= 0.3 is 18.0 Å². The summed E-state index contributed by atoms with van der Waals surface area (Å²) in [5, 5.41) is 20.4. The van der Waals surface area contributed by atoms with E-state index in [9.17, 15) is 19.5 Å². The van der Waals surface area contributed by atoms with Crippen LogP contribution in [0.5, 0.6) is 0 Å². The second kappa shape index (κ2) is 15.3. The lowest BCUT2D eigenvalue weighted by Crippen LogP contribution is -2.44. The summed E-state index contributed by atoms with van der Waals surface area (Å²) in [7, 11) is 0. The molecular weight excluding hydrogens is 552 g/mol. The number of alkyl carbamates (subject to hydrolysis) is 1. The summed E-state index contributed by atoms with van der Waals surface area (Å²) in [6.07, 6.45) is 6.51. The lowest BCUT2D eigenvalue weighted by Gasteiger charge is -2.21. The average Bonchev–Trinajstić information content (AvgIpc) is 3.57. The van der Waals surface area contributed by atoms with E-state index in [1.54, 1.807) is 39.6 Å². The van der Waals surface area contributed by atoms with Crippen LogP contribution in [0.1, 0.15) is 43.3 Å². The third-order valence-corrected chi connectivity index (χ3v) is 5.94. The van der Waals surface area contributed by atoms with E-state index in [1.807, 2.05) is 76.0 Å². The number of aliphatic carboxylic acids is 2. The molecule has 0 aliphatic heterocycles. The van der Waals surface area contributed by atoms with Gasteiger partial charge in [-0.1, -0.05) is 60.7 Å². The fourth-order valence-corrected chi connectivity index (χ4v) is 3.96. The number of carbonyl (C=O) groups excluding carboxylic acids is 1. The van der Waals surface area contributed by atoms with E-state index in [-0.39, 0.29) is 12.8 Å². The molecule has 12 heteroatoms. The van der Waals surface area contributed by atoms with E-state index in [2.05, 4.69) is 15.3 Å². The Balaban J connectivity index is 0.000000248. The number of hydrogen-bond donors (Lipinski definition) is 4. The number of aromatic nitrogens is 4. The van der Waals surface area contributed by atoms with Crippen molar-refractivity contribution in [2.45, 2.75) is 64.4 Å². The van der Waals surface area contributed by atoms with Gasteiger partial charge in [-0.25, -0.2) is 19.6 Å². The van der Waals surface area contributed by atoms with Gasteiger partial charge in [0.1, 0.15) is 17.7 Å². The van der Waals surface area contributed by atoms with E-state index in [4.69, 9.17) is 15.6 Å².